The summed E-state index contributed by atoms with van der Waals surface area (Å²) in [4.78, 5) is 36.8. The van der Waals surface area contributed by atoms with Gasteiger partial charge in [-0.05, 0) is 25.1 Å². The predicted octanol–water partition coefficient (Wildman–Crippen LogP) is 2.89. The van der Waals surface area contributed by atoms with Crippen molar-refractivity contribution in [2.75, 3.05) is 16.8 Å². The number of hydrogen-bond donors (Lipinski definition) is 1. The van der Waals surface area contributed by atoms with Crippen molar-refractivity contribution in [1.82, 2.24) is 0 Å². The third-order valence-electron chi connectivity index (χ3n) is 4.32. The van der Waals surface area contributed by atoms with Crippen LogP contribution in [-0.2, 0) is 9.59 Å². The molecular weight excluding hydrogens is 322 g/mol. The van der Waals surface area contributed by atoms with Crippen LogP contribution in [0.15, 0.2) is 48.5 Å². The van der Waals surface area contributed by atoms with E-state index in [4.69, 9.17) is 0 Å². The van der Waals surface area contributed by atoms with Gasteiger partial charge < -0.3 is 10.2 Å². The SMILES string of the molecule is Cc1c(NC(=O)C2CC(=O)N(c3ccccc3)C2)cccc1[N+](=O)[O-]. The van der Waals surface area contributed by atoms with Crippen molar-refractivity contribution < 1.29 is 14.5 Å². The fourth-order valence-corrected chi connectivity index (χ4v) is 2.93. The Bertz CT molecular complexity index is 835. The van der Waals surface area contributed by atoms with Gasteiger partial charge in [0.05, 0.1) is 22.1 Å². The first-order chi connectivity index (χ1) is 12.0. The van der Waals surface area contributed by atoms with Crippen LogP contribution >= 0.6 is 0 Å². The number of anilines is 2. The average molecular weight is 339 g/mol. The summed E-state index contributed by atoms with van der Waals surface area (Å²) in [6, 6.07) is 13.7. The Balaban J connectivity index is 1.74. The average Bonchev–Trinajstić information content (AvgIpc) is 2.99. The van der Waals surface area contributed by atoms with Crippen molar-refractivity contribution >= 4 is 28.9 Å². The minimum absolute atomic E-state index is 0.0498. The molecule has 1 N–H and O–H groups in total. The van der Waals surface area contributed by atoms with Crippen molar-refractivity contribution in [1.29, 1.82) is 0 Å². The van der Waals surface area contributed by atoms with E-state index >= 15 is 0 Å². The Kier molecular flexibility index (Phi) is 4.47. The lowest BCUT2D eigenvalue weighted by Gasteiger charge is -2.16. The molecule has 0 spiro atoms. The van der Waals surface area contributed by atoms with E-state index in [-0.39, 0.29) is 23.9 Å². The minimum Gasteiger partial charge on any atom is -0.325 e. The van der Waals surface area contributed by atoms with Gasteiger partial charge in [-0.2, -0.15) is 0 Å². The van der Waals surface area contributed by atoms with Crippen LogP contribution in [0.4, 0.5) is 17.1 Å². The third kappa shape index (κ3) is 3.35. The summed E-state index contributed by atoms with van der Waals surface area (Å²) in [5.74, 6) is -0.913. The summed E-state index contributed by atoms with van der Waals surface area (Å²) < 4.78 is 0. The third-order valence-corrected chi connectivity index (χ3v) is 4.32. The van der Waals surface area contributed by atoms with E-state index in [9.17, 15) is 19.7 Å². The Morgan fingerprint density at radius 3 is 2.60 bits per heavy atom. The number of nitro groups is 1. The second-order valence-corrected chi connectivity index (χ2v) is 5.94. The maximum absolute atomic E-state index is 12.5. The number of hydrogen-bond acceptors (Lipinski definition) is 4. The molecule has 3 rings (SSSR count). The molecule has 0 saturated carbocycles. The van der Waals surface area contributed by atoms with Gasteiger partial charge in [0.25, 0.3) is 5.69 Å². The van der Waals surface area contributed by atoms with E-state index < -0.39 is 10.8 Å². The Labute approximate surface area is 144 Å². The van der Waals surface area contributed by atoms with Crippen LogP contribution in [0.2, 0.25) is 0 Å². The smallest absolute Gasteiger partial charge is 0.274 e. The van der Waals surface area contributed by atoms with Gasteiger partial charge in [0.1, 0.15) is 0 Å². The molecule has 0 bridgehead atoms. The molecular formula is C18H17N3O4. The first-order valence-electron chi connectivity index (χ1n) is 7.87. The summed E-state index contributed by atoms with van der Waals surface area (Å²) in [7, 11) is 0. The standard InChI is InChI=1S/C18H17N3O4/c1-12-15(8-5-9-16(12)21(24)25)19-18(23)13-10-17(22)20(11-13)14-6-3-2-4-7-14/h2-9,13H,10-11H2,1H3,(H,19,23). The Hall–Kier alpha value is -3.22. The van der Waals surface area contributed by atoms with Gasteiger partial charge in [-0.15, -0.1) is 0 Å². The molecule has 25 heavy (non-hydrogen) atoms. The lowest BCUT2D eigenvalue weighted by molar-refractivity contribution is -0.385. The summed E-state index contributed by atoms with van der Waals surface area (Å²) in [5.41, 5.74) is 1.50. The van der Waals surface area contributed by atoms with Crippen LogP contribution in [0.3, 0.4) is 0 Å². The van der Waals surface area contributed by atoms with Crippen LogP contribution < -0.4 is 10.2 Å². The number of rotatable bonds is 4. The number of nitro benzene ring substituents is 1. The molecule has 7 heteroatoms. The van der Waals surface area contributed by atoms with Crippen LogP contribution in [0, 0.1) is 23.0 Å². The van der Waals surface area contributed by atoms with E-state index in [0.29, 0.717) is 17.8 Å². The van der Waals surface area contributed by atoms with E-state index in [2.05, 4.69) is 5.32 Å². The molecule has 1 aliphatic heterocycles. The Morgan fingerprint density at radius 2 is 1.92 bits per heavy atom. The zero-order chi connectivity index (χ0) is 18.0. The fraction of sp³-hybridized carbons (Fsp3) is 0.222. The quantitative estimate of drug-likeness (QED) is 0.685. The highest BCUT2D eigenvalue weighted by molar-refractivity contribution is 6.03. The lowest BCUT2D eigenvalue weighted by atomic mass is 10.1. The lowest BCUT2D eigenvalue weighted by Crippen LogP contribution is -2.28. The maximum Gasteiger partial charge on any atom is 0.274 e. The molecule has 0 aromatic heterocycles. The molecule has 1 heterocycles. The molecule has 0 aliphatic carbocycles. The zero-order valence-corrected chi connectivity index (χ0v) is 13.6. The van der Waals surface area contributed by atoms with Gasteiger partial charge in [0.15, 0.2) is 0 Å². The van der Waals surface area contributed by atoms with E-state index in [1.165, 1.54) is 12.1 Å². The predicted molar refractivity (Wildman–Crippen MR) is 93.4 cm³/mol. The number of nitrogens with zero attached hydrogens (tertiary/aromatic N) is 2. The van der Waals surface area contributed by atoms with Gasteiger partial charge in [-0.1, -0.05) is 24.3 Å². The molecule has 2 aromatic rings. The molecule has 1 aliphatic rings. The number of carbonyl (C=O) groups excluding carboxylic acids is 2. The van der Waals surface area contributed by atoms with Crippen LogP contribution in [0.5, 0.6) is 0 Å². The summed E-state index contributed by atoms with van der Waals surface area (Å²) in [6.07, 6.45) is 0.120. The highest BCUT2D eigenvalue weighted by Crippen LogP contribution is 2.28. The molecule has 0 radical (unpaired) electrons. The van der Waals surface area contributed by atoms with E-state index in [1.54, 1.807) is 17.9 Å². The second-order valence-electron chi connectivity index (χ2n) is 5.94. The van der Waals surface area contributed by atoms with Crippen molar-refractivity contribution in [2.45, 2.75) is 13.3 Å². The number of nitrogens with one attached hydrogen (secondary N) is 1. The summed E-state index contributed by atoms with van der Waals surface area (Å²) in [6.45, 7) is 1.88. The Morgan fingerprint density at radius 1 is 1.20 bits per heavy atom. The minimum atomic E-state index is -0.494. The monoisotopic (exact) mass is 339 g/mol. The van der Waals surface area contributed by atoms with Crippen LogP contribution in [0.25, 0.3) is 0 Å². The zero-order valence-electron chi connectivity index (χ0n) is 13.6. The van der Waals surface area contributed by atoms with Crippen molar-refractivity contribution in [2.24, 2.45) is 5.92 Å². The van der Waals surface area contributed by atoms with Crippen LogP contribution in [0.1, 0.15) is 12.0 Å². The van der Waals surface area contributed by atoms with Crippen LogP contribution in [-0.4, -0.2) is 23.3 Å². The van der Waals surface area contributed by atoms with Gasteiger partial charge in [-0.25, -0.2) is 0 Å². The first-order valence-corrected chi connectivity index (χ1v) is 7.87. The van der Waals surface area contributed by atoms with Crippen molar-refractivity contribution in [3.05, 3.63) is 64.2 Å². The van der Waals surface area contributed by atoms with Gasteiger partial charge in [0.2, 0.25) is 11.8 Å². The molecule has 1 saturated heterocycles. The molecule has 2 amide bonds. The number of para-hydroxylation sites is 1. The van der Waals surface area contributed by atoms with Crippen molar-refractivity contribution in [3.8, 4) is 0 Å². The maximum atomic E-state index is 12.5. The first kappa shape index (κ1) is 16.6. The molecule has 2 aromatic carbocycles. The van der Waals surface area contributed by atoms with Crippen molar-refractivity contribution in [3.63, 3.8) is 0 Å². The number of benzene rings is 2. The molecule has 1 atom stereocenters. The van der Waals surface area contributed by atoms with Gasteiger partial charge in [-0.3, -0.25) is 19.7 Å². The second kappa shape index (κ2) is 6.72. The molecule has 1 unspecified atom stereocenters. The van der Waals surface area contributed by atoms with Gasteiger partial charge >= 0.3 is 0 Å². The molecule has 128 valence electrons. The fourth-order valence-electron chi connectivity index (χ4n) is 2.93. The highest BCUT2D eigenvalue weighted by Gasteiger charge is 2.35. The highest BCUT2D eigenvalue weighted by atomic mass is 16.6. The molecule has 1 fully saturated rings. The topological polar surface area (TPSA) is 92.6 Å². The van der Waals surface area contributed by atoms with Gasteiger partial charge in [0, 0.05) is 24.7 Å². The normalized spacial score (nSPS) is 16.8. The largest absolute Gasteiger partial charge is 0.325 e. The number of carbonyl (C=O) groups is 2. The summed E-state index contributed by atoms with van der Waals surface area (Å²) in [5, 5.41) is 13.7. The van der Waals surface area contributed by atoms with E-state index in [1.807, 2.05) is 30.3 Å². The summed E-state index contributed by atoms with van der Waals surface area (Å²) >= 11 is 0. The number of amides is 2. The molecule has 7 nitrogen and oxygen atoms in total. The van der Waals surface area contributed by atoms with E-state index in [0.717, 1.165) is 5.69 Å².